The van der Waals surface area contributed by atoms with Crippen molar-refractivity contribution >= 4 is 17.6 Å². The fraction of sp³-hybridized carbons (Fsp3) is 1.00. The molecule has 0 aromatic carbocycles. The second-order valence-corrected chi connectivity index (χ2v) is 10.4. The van der Waals surface area contributed by atoms with Crippen LogP contribution in [0.1, 0.15) is 13.8 Å². The Balaban J connectivity index is -0.0000000787. The molecule has 0 heterocycles. The molecule has 0 rings (SSSR count). The van der Waals surface area contributed by atoms with Gasteiger partial charge in [-0.25, -0.2) is 0 Å². The van der Waals surface area contributed by atoms with E-state index in [0.29, 0.717) is 0 Å². The van der Waals surface area contributed by atoms with Crippen LogP contribution in [0, 0.1) is 0 Å². The van der Waals surface area contributed by atoms with Crippen LogP contribution >= 0.6 is 0 Å². The van der Waals surface area contributed by atoms with Crippen LogP contribution < -0.4 is 0 Å². The van der Waals surface area contributed by atoms with Gasteiger partial charge in [0, 0.05) is 17.6 Å². The molecular weight excluding hydrogens is 152 g/mol. The molecule has 0 amide bonds. The highest BCUT2D eigenvalue weighted by molar-refractivity contribution is 6.54. The third-order valence-electron chi connectivity index (χ3n) is 0. The van der Waals surface area contributed by atoms with Gasteiger partial charge in [-0.2, -0.15) is 0 Å². The first-order chi connectivity index (χ1) is 4.46. The lowest BCUT2D eigenvalue weighted by molar-refractivity contribution is 1.50. The molecule has 0 aliphatic rings. The van der Waals surface area contributed by atoms with Gasteiger partial charge in [0.1, 0.15) is 0 Å². The third-order valence-corrected chi connectivity index (χ3v) is 0. The van der Waals surface area contributed by atoms with Crippen LogP contribution in [0.2, 0.25) is 39.3 Å². The van der Waals surface area contributed by atoms with Crippen molar-refractivity contribution in [3.63, 3.8) is 0 Å². The summed E-state index contributed by atoms with van der Waals surface area (Å²) in [6.07, 6.45) is 0. The summed E-state index contributed by atoms with van der Waals surface area (Å²) in [5.41, 5.74) is 0. The molecule has 2 heteroatoms. The lowest BCUT2D eigenvalue weighted by atomic mass is 11.0. The highest BCUT2D eigenvalue weighted by Crippen LogP contribution is 1.68. The van der Waals surface area contributed by atoms with Crippen LogP contribution in [0.5, 0.6) is 0 Å². The maximum atomic E-state index is 2.31. The summed E-state index contributed by atoms with van der Waals surface area (Å²) in [5, 5.41) is 0. The van der Waals surface area contributed by atoms with E-state index in [-0.39, 0.29) is 17.6 Å². The van der Waals surface area contributed by atoms with Crippen molar-refractivity contribution in [1.29, 1.82) is 0 Å². The minimum absolute atomic E-state index is 0.139. The minimum atomic E-state index is -0.139. The van der Waals surface area contributed by atoms with Crippen LogP contribution in [0.3, 0.4) is 0 Å². The molecule has 0 N–H and O–H groups in total. The average Bonchev–Trinajstić information content (AvgIpc) is 1.66. The molecule has 0 saturated heterocycles. The zero-order chi connectivity index (χ0) is 9.15. The largest absolute Gasteiger partial charge is 0.0724 e. The van der Waals surface area contributed by atoms with Crippen LogP contribution in [-0.4, -0.2) is 17.6 Å². The SMILES string of the molecule is CC.C[SiH](C)C.C[SiH](C)C. The van der Waals surface area contributed by atoms with E-state index in [1.54, 1.807) is 0 Å². The summed E-state index contributed by atoms with van der Waals surface area (Å²) >= 11 is 0. The van der Waals surface area contributed by atoms with Gasteiger partial charge in [0.2, 0.25) is 0 Å². The van der Waals surface area contributed by atoms with Gasteiger partial charge in [0.15, 0.2) is 0 Å². The third kappa shape index (κ3) is 2480. The Morgan fingerprint density at radius 2 is 0.500 bits per heavy atom. The lowest BCUT2D eigenvalue weighted by Gasteiger charge is -1.75. The topological polar surface area (TPSA) is 0 Å². The first-order valence-electron chi connectivity index (χ1n) is 4.46. The van der Waals surface area contributed by atoms with Gasteiger partial charge in [-0.05, 0) is 0 Å². The van der Waals surface area contributed by atoms with Crippen LogP contribution in [0.25, 0.3) is 0 Å². The van der Waals surface area contributed by atoms with Crippen molar-refractivity contribution in [3.8, 4) is 0 Å². The Bertz CT molecular complexity index is 22.7. The predicted molar refractivity (Wildman–Crippen MR) is 60.8 cm³/mol. The molecule has 0 spiro atoms. The Morgan fingerprint density at radius 1 is 0.500 bits per heavy atom. The highest BCUT2D eigenvalue weighted by atomic mass is 28.3. The van der Waals surface area contributed by atoms with E-state index in [0.717, 1.165) is 0 Å². The van der Waals surface area contributed by atoms with Crippen LogP contribution in [0.15, 0.2) is 0 Å². The molecule has 0 radical (unpaired) electrons. The maximum Gasteiger partial charge on any atom is 0.0274 e. The quantitative estimate of drug-likeness (QED) is 0.500. The van der Waals surface area contributed by atoms with E-state index in [2.05, 4.69) is 39.3 Å². The van der Waals surface area contributed by atoms with E-state index >= 15 is 0 Å². The van der Waals surface area contributed by atoms with Crippen molar-refractivity contribution in [2.24, 2.45) is 0 Å². The summed E-state index contributed by atoms with van der Waals surface area (Å²) in [6.45, 7) is 17.8. The fourth-order valence-electron chi connectivity index (χ4n) is 0. The van der Waals surface area contributed by atoms with Gasteiger partial charge in [-0.15, -0.1) is 0 Å². The van der Waals surface area contributed by atoms with Crippen molar-refractivity contribution in [3.05, 3.63) is 0 Å². The lowest BCUT2D eigenvalue weighted by Crippen LogP contribution is -1.84. The van der Waals surface area contributed by atoms with E-state index < -0.39 is 0 Å². The minimum Gasteiger partial charge on any atom is -0.0724 e. The summed E-state index contributed by atoms with van der Waals surface area (Å²) in [7, 11) is -0.278. The molecule has 0 bridgehead atoms. The summed E-state index contributed by atoms with van der Waals surface area (Å²) in [5.74, 6) is 0. The maximum absolute atomic E-state index is 2.31. The van der Waals surface area contributed by atoms with Gasteiger partial charge in [0.05, 0.1) is 0 Å². The molecule has 10 heavy (non-hydrogen) atoms. The molecule has 0 nitrogen and oxygen atoms in total. The van der Waals surface area contributed by atoms with Crippen molar-refractivity contribution in [2.75, 3.05) is 0 Å². The highest BCUT2D eigenvalue weighted by Gasteiger charge is 1.71. The van der Waals surface area contributed by atoms with Crippen molar-refractivity contribution < 1.29 is 0 Å². The summed E-state index contributed by atoms with van der Waals surface area (Å²) in [6, 6.07) is 0. The first-order valence-corrected chi connectivity index (χ1v) is 11.4. The van der Waals surface area contributed by atoms with Crippen LogP contribution in [-0.2, 0) is 0 Å². The molecule has 0 fully saturated rings. The summed E-state index contributed by atoms with van der Waals surface area (Å²) < 4.78 is 0. The van der Waals surface area contributed by atoms with Gasteiger partial charge in [-0.3, -0.25) is 0 Å². The molecule has 0 atom stereocenters. The second kappa shape index (κ2) is 16.2. The Kier molecular flexibility index (Phi) is 27.2. The normalized spacial score (nSPS) is 7.80. The van der Waals surface area contributed by atoms with E-state index in [4.69, 9.17) is 0 Å². The molecule has 0 aliphatic heterocycles. The zero-order valence-corrected chi connectivity index (χ0v) is 11.5. The molecule has 0 aromatic rings. The Morgan fingerprint density at radius 3 is 0.500 bits per heavy atom. The average molecular weight is 178 g/mol. The van der Waals surface area contributed by atoms with E-state index in [1.165, 1.54) is 0 Å². The van der Waals surface area contributed by atoms with Gasteiger partial charge in [-0.1, -0.05) is 53.1 Å². The van der Waals surface area contributed by atoms with Gasteiger partial charge >= 0.3 is 0 Å². The van der Waals surface area contributed by atoms with Crippen molar-refractivity contribution in [2.45, 2.75) is 53.1 Å². The van der Waals surface area contributed by atoms with E-state index in [1.807, 2.05) is 13.8 Å². The predicted octanol–water partition coefficient (Wildman–Crippen LogP) is 3.23. The molecule has 0 saturated carbocycles. The standard InChI is InChI=1S/2C3H10Si.C2H6/c2*1-4(2)3;1-2/h2*4H,1-3H3;1-2H3. The zero-order valence-electron chi connectivity index (χ0n) is 9.15. The molecule has 0 unspecified atom stereocenters. The van der Waals surface area contributed by atoms with Crippen LogP contribution in [0.4, 0.5) is 0 Å². The number of hydrogen-bond donors (Lipinski definition) is 0. The number of hydrogen-bond acceptors (Lipinski definition) is 0. The first kappa shape index (κ1) is 16.8. The molecule has 66 valence electrons. The van der Waals surface area contributed by atoms with Crippen molar-refractivity contribution in [1.82, 2.24) is 0 Å². The fourth-order valence-corrected chi connectivity index (χ4v) is 0. The molecule has 0 aliphatic carbocycles. The van der Waals surface area contributed by atoms with Gasteiger partial charge in [0.25, 0.3) is 0 Å². The van der Waals surface area contributed by atoms with E-state index in [9.17, 15) is 0 Å². The molecular formula is C8H26Si2. The number of rotatable bonds is 0. The summed E-state index contributed by atoms with van der Waals surface area (Å²) in [4.78, 5) is 0. The van der Waals surface area contributed by atoms with Gasteiger partial charge < -0.3 is 0 Å². The second-order valence-electron chi connectivity index (χ2n) is 3.46. The Labute approximate surface area is 71.3 Å². The Hall–Kier alpha value is 0.434. The molecule has 0 aromatic heterocycles. The monoisotopic (exact) mass is 178 g/mol. The smallest absolute Gasteiger partial charge is 0.0274 e.